The number of thiol groups is 1. The van der Waals surface area contributed by atoms with Gasteiger partial charge in [-0.3, -0.25) is 4.98 Å². The number of nitrogens with zero attached hydrogens (tertiary/aromatic N) is 1. The van der Waals surface area contributed by atoms with Gasteiger partial charge in [0, 0.05) is 24.7 Å². The Hall–Kier alpha value is -0.870. The average molecular weight is 224 g/mol. The summed E-state index contributed by atoms with van der Waals surface area (Å²) in [5.41, 5.74) is 1.04. The van der Waals surface area contributed by atoms with Gasteiger partial charge < -0.3 is 5.32 Å². The Kier molecular flexibility index (Phi) is 5.25. The molecule has 0 bridgehead atoms. The summed E-state index contributed by atoms with van der Waals surface area (Å²) in [6.45, 7) is 0.791. The van der Waals surface area contributed by atoms with Crippen LogP contribution in [0.25, 0.3) is 6.08 Å². The van der Waals surface area contributed by atoms with Gasteiger partial charge in [0.05, 0.1) is 4.99 Å². The van der Waals surface area contributed by atoms with E-state index in [2.05, 4.69) is 22.9 Å². The topological polar surface area (TPSA) is 24.9 Å². The molecule has 0 amide bonds. The summed E-state index contributed by atoms with van der Waals surface area (Å²) in [6.07, 6.45) is 7.32. The Bertz CT molecular complexity index is 309. The van der Waals surface area contributed by atoms with Gasteiger partial charge in [0.1, 0.15) is 0 Å². The van der Waals surface area contributed by atoms with Gasteiger partial charge in [0.25, 0.3) is 0 Å². The maximum Gasteiger partial charge on any atom is 0.0988 e. The highest BCUT2D eigenvalue weighted by atomic mass is 32.1. The van der Waals surface area contributed by atoms with Crippen molar-refractivity contribution in [3.8, 4) is 0 Å². The van der Waals surface area contributed by atoms with E-state index in [0.29, 0.717) is 0 Å². The molecule has 4 heteroatoms. The lowest BCUT2D eigenvalue weighted by molar-refractivity contribution is 1.00. The largest absolute Gasteiger partial charge is 0.375 e. The number of rotatable bonds is 4. The van der Waals surface area contributed by atoms with Gasteiger partial charge in [-0.15, -0.1) is 0 Å². The Morgan fingerprint density at radius 2 is 2.50 bits per heavy atom. The highest BCUT2D eigenvalue weighted by Gasteiger charge is 1.88. The molecule has 2 nitrogen and oxygen atoms in total. The number of hydrogen-bond donors (Lipinski definition) is 2. The van der Waals surface area contributed by atoms with Crippen LogP contribution in [0.15, 0.2) is 30.6 Å². The summed E-state index contributed by atoms with van der Waals surface area (Å²) >= 11 is 9.14. The first-order valence-corrected chi connectivity index (χ1v) is 5.34. The first kappa shape index (κ1) is 11.2. The third-order valence-electron chi connectivity index (χ3n) is 1.52. The lowest BCUT2D eigenvalue weighted by atomic mass is 10.2. The number of pyridine rings is 1. The van der Waals surface area contributed by atoms with Crippen LogP contribution in [0.3, 0.4) is 0 Å². The van der Waals surface area contributed by atoms with Crippen molar-refractivity contribution in [2.24, 2.45) is 0 Å². The van der Waals surface area contributed by atoms with Crippen LogP contribution < -0.4 is 5.32 Å². The molecule has 0 unspecified atom stereocenters. The molecule has 0 aliphatic rings. The van der Waals surface area contributed by atoms with E-state index in [1.165, 1.54) is 0 Å². The zero-order chi connectivity index (χ0) is 10.2. The van der Waals surface area contributed by atoms with Crippen LogP contribution in [-0.4, -0.2) is 22.3 Å². The van der Waals surface area contributed by atoms with Crippen molar-refractivity contribution in [3.63, 3.8) is 0 Å². The van der Waals surface area contributed by atoms with Crippen molar-refractivity contribution >= 4 is 35.9 Å². The van der Waals surface area contributed by atoms with Crippen LogP contribution in [0.4, 0.5) is 0 Å². The van der Waals surface area contributed by atoms with Crippen LogP contribution in [0.2, 0.25) is 0 Å². The molecule has 0 aliphatic carbocycles. The minimum absolute atomic E-state index is 0.725. The second-order valence-corrected chi connectivity index (χ2v) is 3.52. The van der Waals surface area contributed by atoms with Crippen LogP contribution in [0.1, 0.15) is 5.56 Å². The van der Waals surface area contributed by atoms with Gasteiger partial charge >= 0.3 is 0 Å². The average Bonchev–Trinajstić information content (AvgIpc) is 2.25. The summed E-state index contributed by atoms with van der Waals surface area (Å²) in [7, 11) is 0. The van der Waals surface area contributed by atoms with E-state index in [9.17, 15) is 0 Å². The van der Waals surface area contributed by atoms with Crippen molar-refractivity contribution in [2.75, 3.05) is 12.3 Å². The smallest absolute Gasteiger partial charge is 0.0988 e. The fourth-order valence-electron chi connectivity index (χ4n) is 0.884. The number of aromatic nitrogens is 1. The van der Waals surface area contributed by atoms with E-state index in [0.717, 1.165) is 22.8 Å². The molecule has 14 heavy (non-hydrogen) atoms. The first-order valence-electron chi connectivity index (χ1n) is 4.30. The third-order valence-corrected chi connectivity index (χ3v) is 2.03. The van der Waals surface area contributed by atoms with Crippen LogP contribution in [0, 0.1) is 0 Å². The number of hydrogen-bond acceptors (Lipinski definition) is 3. The van der Waals surface area contributed by atoms with Crippen molar-refractivity contribution < 1.29 is 0 Å². The summed E-state index contributed by atoms with van der Waals surface area (Å²) in [6, 6.07) is 3.87. The molecular weight excluding hydrogens is 212 g/mol. The number of thiocarbonyl (C=S) groups is 1. The second-order valence-electron chi connectivity index (χ2n) is 2.63. The third kappa shape index (κ3) is 4.39. The fraction of sp³-hybridized carbons (Fsp3) is 0.200. The monoisotopic (exact) mass is 224 g/mol. The van der Waals surface area contributed by atoms with Gasteiger partial charge in [-0.25, -0.2) is 0 Å². The van der Waals surface area contributed by atoms with Gasteiger partial charge in [-0.2, -0.15) is 12.6 Å². The fourth-order valence-corrected chi connectivity index (χ4v) is 1.17. The van der Waals surface area contributed by atoms with Crippen molar-refractivity contribution in [3.05, 3.63) is 36.2 Å². The standard InChI is InChI=1S/C10H12N2S2/c13-7-6-12-10(14)4-3-9-2-1-5-11-8-9/h1-5,8,13H,6-7H2,(H,12,14). The van der Waals surface area contributed by atoms with Crippen molar-refractivity contribution in [1.82, 2.24) is 10.3 Å². The van der Waals surface area contributed by atoms with Gasteiger partial charge in [0.2, 0.25) is 0 Å². The molecule has 0 saturated heterocycles. The lowest BCUT2D eigenvalue weighted by Gasteiger charge is -1.99. The Morgan fingerprint density at radius 3 is 3.14 bits per heavy atom. The maximum atomic E-state index is 5.07. The highest BCUT2D eigenvalue weighted by molar-refractivity contribution is 7.80. The normalized spacial score (nSPS) is 10.4. The quantitative estimate of drug-likeness (QED) is 0.464. The zero-order valence-corrected chi connectivity index (χ0v) is 9.39. The van der Waals surface area contributed by atoms with Gasteiger partial charge in [-0.1, -0.05) is 24.4 Å². The molecule has 0 spiro atoms. The molecule has 0 aliphatic heterocycles. The Balaban J connectivity index is 2.44. The molecule has 1 rings (SSSR count). The van der Waals surface area contributed by atoms with Crippen molar-refractivity contribution in [1.29, 1.82) is 0 Å². The predicted molar refractivity (Wildman–Crippen MR) is 67.7 cm³/mol. The first-order chi connectivity index (χ1) is 6.83. The minimum atomic E-state index is 0.725. The van der Waals surface area contributed by atoms with E-state index in [-0.39, 0.29) is 0 Å². The van der Waals surface area contributed by atoms with Crippen LogP contribution in [0.5, 0.6) is 0 Å². The Labute approximate surface area is 94.8 Å². The molecule has 74 valence electrons. The van der Waals surface area contributed by atoms with Crippen LogP contribution in [-0.2, 0) is 0 Å². The highest BCUT2D eigenvalue weighted by Crippen LogP contribution is 1.98. The summed E-state index contributed by atoms with van der Waals surface area (Å²) in [5, 5.41) is 3.05. The SMILES string of the molecule is S=C(C=Cc1cccnc1)NCCS. The van der Waals surface area contributed by atoms with Crippen molar-refractivity contribution in [2.45, 2.75) is 0 Å². The maximum absolute atomic E-state index is 5.07. The van der Waals surface area contributed by atoms with E-state index in [1.807, 2.05) is 24.3 Å². The molecule has 0 fully saturated rings. The zero-order valence-electron chi connectivity index (χ0n) is 7.68. The summed E-state index contributed by atoms with van der Waals surface area (Å²) in [4.78, 5) is 4.72. The Morgan fingerprint density at radius 1 is 1.64 bits per heavy atom. The molecule has 0 radical (unpaired) electrons. The van der Waals surface area contributed by atoms with Crippen LogP contribution >= 0.6 is 24.8 Å². The predicted octanol–water partition coefficient (Wildman–Crippen LogP) is 1.94. The molecular formula is C10H12N2S2. The van der Waals surface area contributed by atoms with E-state index in [4.69, 9.17) is 12.2 Å². The molecule has 1 heterocycles. The molecule has 1 N–H and O–H groups in total. The lowest BCUT2D eigenvalue weighted by Crippen LogP contribution is -2.21. The summed E-state index contributed by atoms with van der Waals surface area (Å²) in [5.74, 6) is 0.779. The molecule has 0 atom stereocenters. The van der Waals surface area contributed by atoms with E-state index >= 15 is 0 Å². The second kappa shape index (κ2) is 6.56. The molecule has 1 aromatic rings. The number of nitrogens with one attached hydrogen (secondary N) is 1. The molecule has 0 saturated carbocycles. The van der Waals surface area contributed by atoms with Gasteiger partial charge in [-0.05, 0) is 17.7 Å². The van der Waals surface area contributed by atoms with E-state index < -0.39 is 0 Å². The summed E-state index contributed by atoms with van der Waals surface area (Å²) < 4.78 is 0. The minimum Gasteiger partial charge on any atom is -0.375 e. The van der Waals surface area contributed by atoms with Gasteiger partial charge in [0.15, 0.2) is 0 Å². The van der Waals surface area contributed by atoms with E-state index in [1.54, 1.807) is 12.4 Å². The molecule has 0 aromatic carbocycles. The molecule has 1 aromatic heterocycles.